The molecule has 2 nitrogen and oxygen atoms in total. The third kappa shape index (κ3) is 2.02. The van der Waals surface area contributed by atoms with Crippen molar-refractivity contribution < 1.29 is 4.74 Å². The SMILES string of the molecule is COc1c(C)cnc(Cl)c1C.Cl. The van der Waals surface area contributed by atoms with Crippen LogP contribution in [0.3, 0.4) is 0 Å². The number of nitrogens with zero attached hydrogens (tertiary/aromatic N) is 1. The summed E-state index contributed by atoms with van der Waals surface area (Å²) >= 11 is 5.77. The molecule has 0 saturated carbocycles. The van der Waals surface area contributed by atoms with E-state index in [1.54, 1.807) is 13.3 Å². The second kappa shape index (κ2) is 4.53. The average molecular weight is 208 g/mol. The second-order valence-corrected chi connectivity index (χ2v) is 2.75. The standard InChI is InChI=1S/C8H10ClNO.ClH/c1-5-4-10-8(9)6(2)7(5)11-3;/h4H,1-3H3;1H. The minimum Gasteiger partial charge on any atom is -0.496 e. The molecule has 0 saturated heterocycles. The van der Waals surface area contributed by atoms with Gasteiger partial charge in [0.1, 0.15) is 10.9 Å². The van der Waals surface area contributed by atoms with E-state index in [0.29, 0.717) is 5.15 Å². The highest BCUT2D eigenvalue weighted by atomic mass is 35.5. The fourth-order valence-electron chi connectivity index (χ4n) is 1.01. The second-order valence-electron chi connectivity index (χ2n) is 2.39. The van der Waals surface area contributed by atoms with E-state index in [2.05, 4.69) is 4.98 Å². The molecule has 12 heavy (non-hydrogen) atoms. The molecule has 0 atom stereocenters. The van der Waals surface area contributed by atoms with E-state index in [0.717, 1.165) is 16.9 Å². The summed E-state index contributed by atoms with van der Waals surface area (Å²) in [4.78, 5) is 3.97. The van der Waals surface area contributed by atoms with E-state index in [4.69, 9.17) is 16.3 Å². The summed E-state index contributed by atoms with van der Waals surface area (Å²) in [5.41, 5.74) is 1.91. The molecule has 0 fully saturated rings. The van der Waals surface area contributed by atoms with Crippen molar-refractivity contribution in [2.24, 2.45) is 0 Å². The molecule has 0 radical (unpaired) electrons. The van der Waals surface area contributed by atoms with Crippen LogP contribution in [0.2, 0.25) is 5.15 Å². The van der Waals surface area contributed by atoms with Gasteiger partial charge in [-0.1, -0.05) is 11.6 Å². The van der Waals surface area contributed by atoms with Crippen molar-refractivity contribution in [2.45, 2.75) is 13.8 Å². The number of hydrogen-bond donors (Lipinski definition) is 0. The van der Waals surface area contributed by atoms with Crippen molar-refractivity contribution in [1.29, 1.82) is 0 Å². The quantitative estimate of drug-likeness (QED) is 0.662. The fourth-order valence-corrected chi connectivity index (χ4v) is 1.15. The summed E-state index contributed by atoms with van der Waals surface area (Å²) in [6, 6.07) is 0. The van der Waals surface area contributed by atoms with E-state index < -0.39 is 0 Å². The van der Waals surface area contributed by atoms with Gasteiger partial charge in [0, 0.05) is 17.3 Å². The Kier molecular flexibility index (Phi) is 4.35. The highest BCUT2D eigenvalue weighted by Gasteiger charge is 2.06. The first-order valence-corrected chi connectivity index (χ1v) is 3.70. The van der Waals surface area contributed by atoms with Crippen LogP contribution >= 0.6 is 24.0 Å². The predicted molar refractivity (Wildman–Crippen MR) is 52.5 cm³/mol. The van der Waals surface area contributed by atoms with Crippen LogP contribution in [0.15, 0.2) is 6.20 Å². The molecule has 1 aromatic heterocycles. The van der Waals surface area contributed by atoms with Gasteiger partial charge in [0.2, 0.25) is 0 Å². The van der Waals surface area contributed by atoms with E-state index >= 15 is 0 Å². The van der Waals surface area contributed by atoms with Gasteiger partial charge in [-0.25, -0.2) is 4.98 Å². The third-order valence-electron chi connectivity index (χ3n) is 1.58. The van der Waals surface area contributed by atoms with Crippen LogP contribution < -0.4 is 4.74 Å². The van der Waals surface area contributed by atoms with Crippen molar-refractivity contribution in [1.82, 2.24) is 4.98 Å². The number of rotatable bonds is 1. The van der Waals surface area contributed by atoms with Crippen molar-refractivity contribution in [2.75, 3.05) is 7.11 Å². The lowest BCUT2D eigenvalue weighted by atomic mass is 10.2. The van der Waals surface area contributed by atoms with E-state index in [9.17, 15) is 0 Å². The Hall–Kier alpha value is -0.470. The highest BCUT2D eigenvalue weighted by molar-refractivity contribution is 6.30. The lowest BCUT2D eigenvalue weighted by molar-refractivity contribution is 0.408. The molecule has 0 aliphatic rings. The van der Waals surface area contributed by atoms with Crippen LogP contribution in [0.5, 0.6) is 5.75 Å². The molecule has 4 heteroatoms. The molecule has 1 heterocycles. The molecule has 1 aromatic rings. The van der Waals surface area contributed by atoms with Crippen LogP contribution in [-0.4, -0.2) is 12.1 Å². The van der Waals surface area contributed by atoms with Gasteiger partial charge in [0.05, 0.1) is 7.11 Å². The van der Waals surface area contributed by atoms with E-state index in [1.165, 1.54) is 0 Å². The first-order chi connectivity index (χ1) is 5.16. The Balaban J connectivity index is 0.00000121. The van der Waals surface area contributed by atoms with Gasteiger partial charge in [-0.3, -0.25) is 0 Å². The summed E-state index contributed by atoms with van der Waals surface area (Å²) in [6.45, 7) is 3.83. The number of halogens is 2. The van der Waals surface area contributed by atoms with Crippen LogP contribution in [0.4, 0.5) is 0 Å². The third-order valence-corrected chi connectivity index (χ3v) is 1.96. The lowest BCUT2D eigenvalue weighted by Gasteiger charge is -2.07. The van der Waals surface area contributed by atoms with Gasteiger partial charge in [-0.05, 0) is 13.8 Å². The van der Waals surface area contributed by atoms with Crippen LogP contribution in [0.1, 0.15) is 11.1 Å². The maximum absolute atomic E-state index is 5.77. The van der Waals surface area contributed by atoms with E-state index in [-0.39, 0.29) is 12.4 Å². The summed E-state index contributed by atoms with van der Waals surface area (Å²) < 4.78 is 5.13. The Morgan fingerprint density at radius 3 is 2.42 bits per heavy atom. The first kappa shape index (κ1) is 11.5. The van der Waals surface area contributed by atoms with Crippen LogP contribution in [0.25, 0.3) is 0 Å². The molecule has 0 bridgehead atoms. The Labute approximate surface area is 83.3 Å². The predicted octanol–water partition coefficient (Wildman–Crippen LogP) is 2.78. The van der Waals surface area contributed by atoms with Crippen LogP contribution in [-0.2, 0) is 0 Å². The number of aryl methyl sites for hydroxylation is 1. The van der Waals surface area contributed by atoms with Gasteiger partial charge in [-0.2, -0.15) is 0 Å². The zero-order chi connectivity index (χ0) is 8.43. The normalized spacial score (nSPS) is 9.00. The summed E-state index contributed by atoms with van der Waals surface area (Å²) in [5, 5.41) is 0.507. The molecule has 0 amide bonds. The number of methoxy groups -OCH3 is 1. The minimum atomic E-state index is 0. The monoisotopic (exact) mass is 207 g/mol. The van der Waals surface area contributed by atoms with Crippen molar-refractivity contribution in [3.8, 4) is 5.75 Å². The van der Waals surface area contributed by atoms with Gasteiger partial charge in [-0.15, -0.1) is 12.4 Å². The number of aromatic nitrogens is 1. The van der Waals surface area contributed by atoms with Crippen LogP contribution in [0, 0.1) is 13.8 Å². The molecule has 0 N–H and O–H groups in total. The molecule has 68 valence electrons. The topological polar surface area (TPSA) is 22.1 Å². The first-order valence-electron chi connectivity index (χ1n) is 3.32. The minimum absolute atomic E-state index is 0. The summed E-state index contributed by atoms with van der Waals surface area (Å²) in [6.07, 6.45) is 1.70. The fraction of sp³-hybridized carbons (Fsp3) is 0.375. The summed E-state index contributed by atoms with van der Waals surface area (Å²) in [7, 11) is 1.63. The number of hydrogen-bond acceptors (Lipinski definition) is 2. The molecule has 0 aliphatic carbocycles. The maximum Gasteiger partial charge on any atom is 0.135 e. The molecule has 0 aromatic carbocycles. The zero-order valence-corrected chi connectivity index (χ0v) is 8.79. The molecular formula is C8H11Cl2NO. The molecule has 0 aliphatic heterocycles. The lowest BCUT2D eigenvalue weighted by Crippen LogP contribution is -1.93. The smallest absolute Gasteiger partial charge is 0.135 e. The van der Waals surface area contributed by atoms with Crippen molar-refractivity contribution in [3.63, 3.8) is 0 Å². The van der Waals surface area contributed by atoms with Gasteiger partial charge in [0.15, 0.2) is 0 Å². The zero-order valence-electron chi connectivity index (χ0n) is 7.22. The molecule has 0 spiro atoms. The average Bonchev–Trinajstić information content (AvgIpc) is 1.99. The Morgan fingerprint density at radius 1 is 1.42 bits per heavy atom. The largest absolute Gasteiger partial charge is 0.496 e. The van der Waals surface area contributed by atoms with Gasteiger partial charge in [0.25, 0.3) is 0 Å². The van der Waals surface area contributed by atoms with E-state index in [1.807, 2.05) is 13.8 Å². The highest BCUT2D eigenvalue weighted by Crippen LogP contribution is 2.26. The Morgan fingerprint density at radius 2 is 2.00 bits per heavy atom. The Bertz CT molecular complexity index is 276. The molecular weight excluding hydrogens is 197 g/mol. The summed E-state index contributed by atoms with van der Waals surface area (Å²) in [5.74, 6) is 0.824. The van der Waals surface area contributed by atoms with Gasteiger partial charge >= 0.3 is 0 Å². The number of ether oxygens (including phenoxy) is 1. The maximum atomic E-state index is 5.77. The van der Waals surface area contributed by atoms with Crippen molar-refractivity contribution in [3.05, 3.63) is 22.5 Å². The molecule has 1 rings (SSSR count). The van der Waals surface area contributed by atoms with Crippen molar-refractivity contribution >= 4 is 24.0 Å². The van der Waals surface area contributed by atoms with Gasteiger partial charge < -0.3 is 4.74 Å². The number of pyridine rings is 1. The molecule has 0 unspecified atom stereocenters.